The summed E-state index contributed by atoms with van der Waals surface area (Å²) in [5.74, 6) is 0.0219. The second kappa shape index (κ2) is 12.7. The van der Waals surface area contributed by atoms with Crippen molar-refractivity contribution in [1.82, 2.24) is 9.80 Å². The summed E-state index contributed by atoms with van der Waals surface area (Å²) in [7, 11) is -4.05. The summed E-state index contributed by atoms with van der Waals surface area (Å²) in [5.41, 5.74) is -0.945. The molecule has 2 aliphatic rings. The summed E-state index contributed by atoms with van der Waals surface area (Å²) < 4.78 is 102. The Bertz CT molecular complexity index is 1330. The molecule has 7 nitrogen and oxygen atoms in total. The molecule has 2 fully saturated rings. The van der Waals surface area contributed by atoms with Crippen molar-refractivity contribution in [3.8, 4) is 0 Å². The van der Waals surface area contributed by atoms with Crippen molar-refractivity contribution in [2.24, 2.45) is 0 Å². The molecule has 0 aromatic heterocycles. The molecule has 42 heavy (non-hydrogen) atoms. The molecule has 0 aliphatic carbocycles. The van der Waals surface area contributed by atoms with Crippen molar-refractivity contribution in [3.63, 3.8) is 0 Å². The van der Waals surface area contributed by atoms with Gasteiger partial charge in [-0.05, 0) is 68.3 Å². The highest BCUT2D eigenvalue weighted by atomic mass is 32.2. The first-order valence-corrected chi connectivity index (χ1v) is 15.6. The van der Waals surface area contributed by atoms with Crippen LogP contribution in [-0.2, 0) is 27.0 Å². The van der Waals surface area contributed by atoms with Crippen LogP contribution >= 0.6 is 0 Å². The van der Waals surface area contributed by atoms with E-state index < -0.39 is 38.2 Å². The van der Waals surface area contributed by atoms with Crippen LogP contribution in [0.3, 0.4) is 0 Å². The zero-order chi connectivity index (χ0) is 30.7. The summed E-state index contributed by atoms with van der Waals surface area (Å²) in [6, 6.07) is 8.12. The number of anilines is 2. The molecule has 0 atom stereocenters. The lowest BCUT2D eigenvalue weighted by molar-refractivity contribution is -0.140. The number of likely N-dealkylation sites (tertiary alicyclic amines) is 1. The van der Waals surface area contributed by atoms with Crippen molar-refractivity contribution < 1.29 is 39.6 Å². The summed E-state index contributed by atoms with van der Waals surface area (Å²) in [6.07, 6.45) is -6.29. The number of amides is 1. The van der Waals surface area contributed by atoms with Gasteiger partial charge in [-0.25, -0.2) is 8.42 Å². The number of hydrogen-bond donors (Lipinski definition) is 1. The average Bonchev–Trinajstić information content (AvgIpc) is 2.92. The number of piperidine rings is 1. The van der Waals surface area contributed by atoms with E-state index in [2.05, 4.69) is 10.2 Å². The van der Waals surface area contributed by atoms with E-state index in [9.17, 15) is 39.6 Å². The maximum Gasteiger partial charge on any atom is 0.417 e. The van der Waals surface area contributed by atoms with Crippen molar-refractivity contribution in [2.75, 3.05) is 62.3 Å². The number of piperazine rings is 1. The number of carbonyl (C=O) groups is 1. The van der Waals surface area contributed by atoms with Gasteiger partial charge in [-0.1, -0.05) is 0 Å². The minimum absolute atomic E-state index is 0.0219. The lowest BCUT2D eigenvalue weighted by Gasteiger charge is -2.36. The summed E-state index contributed by atoms with van der Waals surface area (Å²) in [4.78, 5) is 18.0. The summed E-state index contributed by atoms with van der Waals surface area (Å²) in [6.45, 7) is 4.52. The molecule has 0 bridgehead atoms. The molecule has 14 heteroatoms. The first kappa shape index (κ1) is 31.9. The van der Waals surface area contributed by atoms with Crippen LogP contribution in [0.1, 0.15) is 36.8 Å². The Morgan fingerprint density at radius 3 is 2.05 bits per heavy atom. The van der Waals surface area contributed by atoms with Crippen LogP contribution < -0.4 is 10.2 Å². The quantitative estimate of drug-likeness (QED) is 0.413. The van der Waals surface area contributed by atoms with Gasteiger partial charge in [-0.15, -0.1) is 0 Å². The highest BCUT2D eigenvalue weighted by Gasteiger charge is 2.36. The molecule has 0 saturated carbocycles. The SMILES string of the molecule is CS(=O)(=O)c1ccc(NC2CCN(C(=O)CCCN3CCN(c4ccc(C(F)(F)F)cc4)CC3)CC2)cc1C(F)(F)F. The molecule has 0 unspecified atom stereocenters. The molecule has 1 amide bonds. The van der Waals surface area contributed by atoms with Gasteiger partial charge in [0.2, 0.25) is 5.91 Å². The normalized spacial score (nSPS) is 17.9. The number of rotatable bonds is 8. The zero-order valence-corrected chi connectivity index (χ0v) is 24.0. The van der Waals surface area contributed by atoms with Crippen LogP contribution in [0.25, 0.3) is 0 Å². The molecule has 2 aromatic carbocycles. The molecule has 0 radical (unpaired) electrons. The largest absolute Gasteiger partial charge is 0.417 e. The number of nitrogens with zero attached hydrogens (tertiary/aromatic N) is 3. The molecular weight excluding hydrogens is 586 g/mol. The highest BCUT2D eigenvalue weighted by Crippen LogP contribution is 2.36. The Kier molecular flexibility index (Phi) is 9.65. The van der Waals surface area contributed by atoms with E-state index in [4.69, 9.17) is 0 Å². The Labute approximate surface area is 241 Å². The van der Waals surface area contributed by atoms with Crippen molar-refractivity contribution in [1.29, 1.82) is 0 Å². The third kappa shape index (κ3) is 8.30. The van der Waals surface area contributed by atoms with Gasteiger partial charge in [0.05, 0.1) is 16.0 Å². The van der Waals surface area contributed by atoms with E-state index in [0.29, 0.717) is 51.9 Å². The molecule has 2 heterocycles. The van der Waals surface area contributed by atoms with Gasteiger partial charge in [0, 0.05) is 69.4 Å². The van der Waals surface area contributed by atoms with Crippen molar-refractivity contribution in [2.45, 2.75) is 49.0 Å². The maximum atomic E-state index is 13.5. The van der Waals surface area contributed by atoms with E-state index >= 15 is 0 Å². The smallest absolute Gasteiger partial charge is 0.382 e. The van der Waals surface area contributed by atoms with Crippen LogP contribution in [0, 0.1) is 0 Å². The van der Waals surface area contributed by atoms with Crippen molar-refractivity contribution >= 4 is 27.1 Å². The Morgan fingerprint density at radius 2 is 1.50 bits per heavy atom. The van der Waals surface area contributed by atoms with Gasteiger partial charge in [0.1, 0.15) is 0 Å². The van der Waals surface area contributed by atoms with Crippen LogP contribution in [0.4, 0.5) is 37.7 Å². The third-order valence-corrected chi connectivity index (χ3v) is 8.85. The molecule has 232 valence electrons. The second-order valence-corrected chi connectivity index (χ2v) is 12.7. The topological polar surface area (TPSA) is 73.0 Å². The molecule has 2 aliphatic heterocycles. The fourth-order valence-corrected chi connectivity index (χ4v) is 6.27. The fraction of sp³-hybridized carbons (Fsp3) is 0.536. The first-order chi connectivity index (χ1) is 19.6. The fourth-order valence-electron chi connectivity index (χ4n) is 5.38. The number of nitrogens with one attached hydrogen (secondary N) is 1. The van der Waals surface area contributed by atoms with Crippen LogP contribution in [0.2, 0.25) is 0 Å². The average molecular weight is 621 g/mol. The second-order valence-electron chi connectivity index (χ2n) is 10.8. The Morgan fingerprint density at radius 1 is 0.881 bits per heavy atom. The molecule has 4 rings (SSSR count). The van der Waals surface area contributed by atoms with Gasteiger partial charge in [-0.3, -0.25) is 9.69 Å². The van der Waals surface area contributed by atoms with E-state index in [0.717, 1.165) is 55.8 Å². The molecule has 1 N–H and O–H groups in total. The molecule has 0 spiro atoms. The summed E-state index contributed by atoms with van der Waals surface area (Å²) in [5, 5.41) is 3.05. The van der Waals surface area contributed by atoms with E-state index in [-0.39, 0.29) is 17.6 Å². The monoisotopic (exact) mass is 620 g/mol. The summed E-state index contributed by atoms with van der Waals surface area (Å²) >= 11 is 0. The van der Waals surface area contributed by atoms with Crippen molar-refractivity contribution in [3.05, 3.63) is 53.6 Å². The van der Waals surface area contributed by atoms with E-state index in [1.165, 1.54) is 18.2 Å². The Hall–Kier alpha value is -3.00. The molecule has 2 aromatic rings. The number of benzene rings is 2. The zero-order valence-electron chi connectivity index (χ0n) is 23.1. The minimum Gasteiger partial charge on any atom is -0.382 e. The number of carbonyl (C=O) groups excluding carboxylic acids is 1. The number of alkyl halides is 6. The van der Waals surface area contributed by atoms with Crippen LogP contribution in [0.5, 0.6) is 0 Å². The number of halogens is 6. The van der Waals surface area contributed by atoms with Crippen LogP contribution in [-0.4, -0.2) is 82.2 Å². The maximum absolute atomic E-state index is 13.5. The van der Waals surface area contributed by atoms with Gasteiger partial charge in [-0.2, -0.15) is 26.3 Å². The molecule has 2 saturated heterocycles. The van der Waals surface area contributed by atoms with Gasteiger partial charge in [0.15, 0.2) is 9.84 Å². The number of hydrogen-bond acceptors (Lipinski definition) is 6. The van der Waals surface area contributed by atoms with E-state index in [1.807, 2.05) is 4.90 Å². The standard InChI is InChI=1S/C28H34F6N4O3S/c1-42(40,41)25-9-6-22(19-24(25)28(32,33)34)35-21-10-13-38(14-11-21)26(39)3-2-12-36-15-17-37(18-16-36)23-7-4-20(5-8-23)27(29,30)31/h4-9,19,21,35H,2-3,10-18H2,1H3. The first-order valence-electron chi connectivity index (χ1n) is 13.7. The number of sulfone groups is 1. The predicted octanol–water partition coefficient (Wildman–Crippen LogP) is 5.13. The lowest BCUT2D eigenvalue weighted by Crippen LogP contribution is -2.47. The third-order valence-electron chi connectivity index (χ3n) is 7.70. The lowest BCUT2D eigenvalue weighted by atomic mass is 10.0. The van der Waals surface area contributed by atoms with E-state index in [1.54, 1.807) is 4.90 Å². The van der Waals surface area contributed by atoms with Gasteiger partial charge >= 0.3 is 12.4 Å². The molecular formula is C28H34F6N4O3S. The van der Waals surface area contributed by atoms with Gasteiger partial charge < -0.3 is 15.1 Å². The van der Waals surface area contributed by atoms with Gasteiger partial charge in [0.25, 0.3) is 0 Å². The minimum atomic E-state index is -4.81. The van der Waals surface area contributed by atoms with Crippen LogP contribution in [0.15, 0.2) is 47.4 Å². The Balaban J connectivity index is 1.17. The predicted molar refractivity (Wildman–Crippen MR) is 147 cm³/mol. The highest BCUT2D eigenvalue weighted by molar-refractivity contribution is 7.90.